The molecular formula is C22H36ClN3O5. The van der Waals surface area contributed by atoms with Crippen molar-refractivity contribution in [3.8, 4) is 0 Å². The highest BCUT2D eigenvalue weighted by Gasteiger charge is 2.28. The molecular weight excluding hydrogens is 422 g/mol. The summed E-state index contributed by atoms with van der Waals surface area (Å²) >= 11 is 5.92. The quantitative estimate of drug-likeness (QED) is 0.299. The SMILES string of the molecule is CCCCNC(=O)OC(C)N(CC(O)c1ccc(Cl)cc1)C(C)OC(=O)NCCCC. The van der Waals surface area contributed by atoms with Crippen LogP contribution in [0, 0.1) is 0 Å². The van der Waals surface area contributed by atoms with Crippen molar-refractivity contribution in [2.24, 2.45) is 0 Å². The monoisotopic (exact) mass is 457 g/mol. The van der Waals surface area contributed by atoms with E-state index in [1.165, 1.54) is 0 Å². The van der Waals surface area contributed by atoms with Crippen LogP contribution in [0.3, 0.4) is 0 Å². The van der Waals surface area contributed by atoms with Gasteiger partial charge in [0, 0.05) is 24.7 Å². The molecule has 1 aromatic carbocycles. The third kappa shape index (κ3) is 10.7. The Morgan fingerprint density at radius 1 is 0.968 bits per heavy atom. The molecule has 0 saturated heterocycles. The van der Waals surface area contributed by atoms with E-state index in [1.54, 1.807) is 43.0 Å². The van der Waals surface area contributed by atoms with E-state index in [-0.39, 0.29) is 6.54 Å². The summed E-state index contributed by atoms with van der Waals surface area (Å²) in [5.74, 6) is 0. The van der Waals surface area contributed by atoms with Crippen molar-refractivity contribution in [3.05, 3.63) is 34.9 Å². The molecule has 8 nitrogen and oxygen atoms in total. The van der Waals surface area contributed by atoms with E-state index in [0.29, 0.717) is 23.7 Å². The smallest absolute Gasteiger partial charge is 0.408 e. The number of nitrogens with zero attached hydrogens (tertiary/aromatic N) is 1. The number of unbranched alkanes of at least 4 members (excludes halogenated alkanes) is 2. The number of carbonyl (C=O) groups is 2. The van der Waals surface area contributed by atoms with E-state index in [1.807, 2.05) is 13.8 Å². The molecule has 3 atom stereocenters. The Kier molecular flexibility index (Phi) is 13.0. The van der Waals surface area contributed by atoms with Gasteiger partial charge in [-0.2, -0.15) is 0 Å². The fourth-order valence-electron chi connectivity index (χ4n) is 2.85. The molecule has 0 aliphatic heterocycles. The maximum atomic E-state index is 12.1. The minimum atomic E-state index is -0.902. The number of rotatable bonds is 13. The van der Waals surface area contributed by atoms with Crippen LogP contribution in [-0.2, 0) is 9.47 Å². The molecule has 176 valence electrons. The lowest BCUT2D eigenvalue weighted by atomic mass is 10.1. The Morgan fingerprint density at radius 3 is 1.84 bits per heavy atom. The van der Waals surface area contributed by atoms with Crippen LogP contribution >= 0.6 is 11.6 Å². The van der Waals surface area contributed by atoms with Gasteiger partial charge in [0.05, 0.1) is 6.10 Å². The predicted molar refractivity (Wildman–Crippen MR) is 121 cm³/mol. The van der Waals surface area contributed by atoms with Crippen molar-refractivity contribution < 1.29 is 24.2 Å². The summed E-state index contributed by atoms with van der Waals surface area (Å²) in [6.07, 6.45) is 0.0724. The highest BCUT2D eigenvalue weighted by atomic mass is 35.5. The van der Waals surface area contributed by atoms with Crippen LogP contribution in [0.25, 0.3) is 0 Å². The van der Waals surface area contributed by atoms with Gasteiger partial charge in [-0.1, -0.05) is 50.4 Å². The van der Waals surface area contributed by atoms with Gasteiger partial charge in [0.25, 0.3) is 0 Å². The van der Waals surface area contributed by atoms with E-state index >= 15 is 0 Å². The molecule has 0 aliphatic carbocycles. The largest absolute Gasteiger partial charge is 0.430 e. The van der Waals surface area contributed by atoms with Crippen molar-refractivity contribution in [3.63, 3.8) is 0 Å². The predicted octanol–water partition coefficient (Wildman–Crippen LogP) is 4.42. The van der Waals surface area contributed by atoms with Gasteiger partial charge in [-0.3, -0.25) is 0 Å². The Balaban J connectivity index is 2.82. The second kappa shape index (κ2) is 14.9. The summed E-state index contributed by atoms with van der Waals surface area (Å²) < 4.78 is 10.9. The number of aliphatic hydroxyl groups excluding tert-OH is 1. The second-order valence-corrected chi connectivity index (χ2v) is 7.77. The molecule has 1 aromatic rings. The molecule has 1 rings (SSSR count). The van der Waals surface area contributed by atoms with E-state index in [9.17, 15) is 14.7 Å². The average Bonchev–Trinajstić information content (AvgIpc) is 2.72. The molecule has 0 spiro atoms. The van der Waals surface area contributed by atoms with Crippen molar-refractivity contribution in [2.45, 2.75) is 71.9 Å². The molecule has 9 heteroatoms. The number of ether oxygens (including phenoxy) is 2. The van der Waals surface area contributed by atoms with Gasteiger partial charge in [-0.25, -0.2) is 14.5 Å². The number of hydrogen-bond acceptors (Lipinski definition) is 6. The first-order chi connectivity index (χ1) is 14.8. The van der Waals surface area contributed by atoms with Gasteiger partial charge in [0.15, 0.2) is 12.5 Å². The third-order valence-electron chi connectivity index (χ3n) is 4.73. The van der Waals surface area contributed by atoms with Crippen LogP contribution in [0.1, 0.15) is 65.0 Å². The zero-order chi connectivity index (χ0) is 23.2. The van der Waals surface area contributed by atoms with E-state index < -0.39 is 30.7 Å². The molecule has 2 amide bonds. The Morgan fingerprint density at radius 2 is 1.42 bits per heavy atom. The topological polar surface area (TPSA) is 100 Å². The first kappa shape index (κ1) is 27.0. The number of alkyl carbamates (subject to hydrolysis) is 2. The van der Waals surface area contributed by atoms with Crippen LogP contribution in [0.15, 0.2) is 24.3 Å². The van der Waals surface area contributed by atoms with E-state index in [2.05, 4.69) is 10.6 Å². The lowest BCUT2D eigenvalue weighted by Gasteiger charge is -2.34. The Labute approximate surface area is 190 Å². The first-order valence-electron chi connectivity index (χ1n) is 10.9. The van der Waals surface area contributed by atoms with Crippen molar-refractivity contribution in [2.75, 3.05) is 19.6 Å². The summed E-state index contributed by atoms with van der Waals surface area (Å²) in [5.41, 5.74) is 0.647. The van der Waals surface area contributed by atoms with Gasteiger partial charge in [-0.05, 0) is 44.4 Å². The fourth-order valence-corrected chi connectivity index (χ4v) is 2.97. The van der Waals surface area contributed by atoms with Crippen LogP contribution in [0.2, 0.25) is 5.02 Å². The number of amides is 2. The number of carbonyl (C=O) groups excluding carboxylic acids is 2. The Hall–Kier alpha value is -2.03. The zero-order valence-electron chi connectivity index (χ0n) is 18.9. The maximum Gasteiger partial charge on any atom is 0.408 e. The van der Waals surface area contributed by atoms with Crippen LogP contribution in [0.4, 0.5) is 9.59 Å². The molecule has 0 aromatic heterocycles. The van der Waals surface area contributed by atoms with Gasteiger partial charge < -0.3 is 25.2 Å². The number of nitrogens with one attached hydrogen (secondary N) is 2. The van der Waals surface area contributed by atoms with Crippen LogP contribution in [-0.4, -0.2) is 54.3 Å². The first-order valence-corrected chi connectivity index (χ1v) is 11.2. The number of halogens is 1. The zero-order valence-corrected chi connectivity index (χ0v) is 19.7. The van der Waals surface area contributed by atoms with Gasteiger partial charge >= 0.3 is 12.2 Å². The number of aliphatic hydroxyl groups is 1. The highest BCUT2D eigenvalue weighted by Crippen LogP contribution is 2.20. The summed E-state index contributed by atoms with van der Waals surface area (Å²) in [6, 6.07) is 6.81. The van der Waals surface area contributed by atoms with E-state index in [0.717, 1.165) is 25.7 Å². The van der Waals surface area contributed by atoms with Crippen molar-refractivity contribution in [1.82, 2.24) is 15.5 Å². The van der Waals surface area contributed by atoms with Gasteiger partial charge in [-0.15, -0.1) is 0 Å². The molecule has 0 heterocycles. The normalized spacial score (nSPS) is 13.9. The minimum Gasteiger partial charge on any atom is -0.430 e. The summed E-state index contributed by atoms with van der Waals surface area (Å²) in [5, 5.41) is 16.6. The summed E-state index contributed by atoms with van der Waals surface area (Å²) in [4.78, 5) is 25.8. The maximum absolute atomic E-state index is 12.1. The molecule has 31 heavy (non-hydrogen) atoms. The lowest BCUT2D eigenvalue weighted by Crippen LogP contribution is -2.48. The van der Waals surface area contributed by atoms with Crippen molar-refractivity contribution in [1.29, 1.82) is 0 Å². The molecule has 0 fully saturated rings. The standard InChI is InChI=1S/C22H36ClN3O5/c1-5-7-13-24-21(28)30-16(3)26(17(4)31-22(29)25-14-8-6-2)15-20(27)18-9-11-19(23)12-10-18/h9-12,16-17,20,27H,5-8,13-15H2,1-4H3,(H,24,28)(H,25,29). The Bertz CT molecular complexity index is 629. The van der Waals surface area contributed by atoms with Crippen molar-refractivity contribution >= 4 is 23.8 Å². The molecule has 3 N–H and O–H groups in total. The molecule has 0 aliphatic rings. The highest BCUT2D eigenvalue weighted by molar-refractivity contribution is 6.30. The lowest BCUT2D eigenvalue weighted by molar-refractivity contribution is -0.106. The number of benzene rings is 1. The van der Waals surface area contributed by atoms with Gasteiger partial charge in [0.2, 0.25) is 0 Å². The minimum absolute atomic E-state index is 0.0778. The molecule has 3 unspecified atom stereocenters. The van der Waals surface area contributed by atoms with E-state index in [4.69, 9.17) is 21.1 Å². The van der Waals surface area contributed by atoms with Crippen LogP contribution in [0.5, 0.6) is 0 Å². The summed E-state index contributed by atoms with van der Waals surface area (Å²) in [6.45, 7) is 8.50. The molecule has 0 saturated carbocycles. The van der Waals surface area contributed by atoms with Crippen LogP contribution < -0.4 is 10.6 Å². The molecule has 0 radical (unpaired) electrons. The molecule has 0 bridgehead atoms. The second-order valence-electron chi connectivity index (χ2n) is 7.33. The third-order valence-corrected chi connectivity index (χ3v) is 4.98. The fraction of sp³-hybridized carbons (Fsp3) is 0.636. The number of hydrogen-bond donors (Lipinski definition) is 3. The van der Waals surface area contributed by atoms with Gasteiger partial charge in [0.1, 0.15) is 0 Å². The average molecular weight is 458 g/mol. The summed E-state index contributed by atoms with van der Waals surface area (Å²) in [7, 11) is 0.